The topological polar surface area (TPSA) is 122 Å². The van der Waals surface area contributed by atoms with E-state index in [1.807, 2.05) is 25.1 Å². The summed E-state index contributed by atoms with van der Waals surface area (Å²) in [5.41, 5.74) is 7.46. The Hall–Kier alpha value is -3.20. The molecular weight excluding hydrogens is 416 g/mol. The van der Waals surface area contributed by atoms with Gasteiger partial charge < -0.3 is 21.3 Å². The van der Waals surface area contributed by atoms with Crippen LogP contribution in [0.3, 0.4) is 0 Å². The highest BCUT2D eigenvalue weighted by atomic mass is 35.5. The number of pyridine rings is 1. The van der Waals surface area contributed by atoms with Crippen molar-refractivity contribution < 1.29 is 4.79 Å². The minimum absolute atomic E-state index is 0.00389. The number of hydrogen-bond acceptors (Lipinski definition) is 8. The molecule has 31 heavy (non-hydrogen) atoms. The lowest BCUT2D eigenvalue weighted by atomic mass is 10.0. The van der Waals surface area contributed by atoms with Gasteiger partial charge in [-0.1, -0.05) is 23.7 Å². The first-order valence-corrected chi connectivity index (χ1v) is 10.6. The van der Waals surface area contributed by atoms with Crippen molar-refractivity contribution in [2.24, 2.45) is 0 Å². The van der Waals surface area contributed by atoms with Gasteiger partial charge in [0, 0.05) is 37.0 Å². The number of nitrogens with one attached hydrogen (secondary N) is 2. The lowest BCUT2D eigenvalue weighted by molar-refractivity contribution is -0.119. The van der Waals surface area contributed by atoms with Crippen LogP contribution in [0, 0.1) is 0 Å². The van der Waals surface area contributed by atoms with Gasteiger partial charge in [-0.3, -0.25) is 4.79 Å². The molecule has 3 heterocycles. The summed E-state index contributed by atoms with van der Waals surface area (Å²) in [5.74, 6) is 1.43. The lowest BCUT2D eigenvalue weighted by Gasteiger charge is -2.35. The predicted molar refractivity (Wildman–Crippen MR) is 122 cm³/mol. The Balaban J connectivity index is 1.67. The van der Waals surface area contributed by atoms with Crippen LogP contribution >= 0.6 is 11.6 Å². The second-order valence-corrected chi connectivity index (χ2v) is 8.12. The lowest BCUT2D eigenvalue weighted by Crippen LogP contribution is -2.44. The fraction of sp³-hybridized carbons (Fsp3) is 0.381. The van der Waals surface area contributed by atoms with Crippen LogP contribution in [0.2, 0.25) is 5.02 Å². The SMILES string of the molecule is CC(=O)NC1CCN(c2nc3c(Cl)cccc3cc2[C@H](C)Nc2ncnc(N)n2)CC1. The van der Waals surface area contributed by atoms with E-state index < -0.39 is 0 Å². The average molecular weight is 441 g/mol. The molecule has 1 aliphatic rings. The summed E-state index contributed by atoms with van der Waals surface area (Å²) in [4.78, 5) is 30.7. The van der Waals surface area contributed by atoms with Crippen molar-refractivity contribution in [3.05, 3.63) is 41.2 Å². The first-order chi connectivity index (χ1) is 14.9. The van der Waals surface area contributed by atoms with Crippen molar-refractivity contribution in [1.29, 1.82) is 0 Å². The molecule has 0 aliphatic carbocycles. The third-order valence-electron chi connectivity index (χ3n) is 5.41. The molecular formula is C21H25ClN8O. The highest BCUT2D eigenvalue weighted by Gasteiger charge is 2.25. The zero-order valence-electron chi connectivity index (χ0n) is 17.5. The number of anilines is 3. The van der Waals surface area contributed by atoms with Crippen LogP contribution in [0.5, 0.6) is 0 Å². The largest absolute Gasteiger partial charge is 0.368 e. The molecule has 0 unspecified atom stereocenters. The molecule has 162 valence electrons. The van der Waals surface area contributed by atoms with Crippen LogP contribution in [-0.4, -0.2) is 45.0 Å². The van der Waals surface area contributed by atoms with E-state index in [1.54, 1.807) is 6.92 Å². The molecule has 1 saturated heterocycles. The number of para-hydroxylation sites is 1. The Morgan fingerprint density at radius 3 is 2.74 bits per heavy atom. The summed E-state index contributed by atoms with van der Waals surface area (Å²) >= 11 is 6.44. The Morgan fingerprint density at radius 1 is 1.26 bits per heavy atom. The number of rotatable bonds is 5. The van der Waals surface area contributed by atoms with Crippen LogP contribution in [0.25, 0.3) is 10.9 Å². The van der Waals surface area contributed by atoms with Crippen LogP contribution < -0.4 is 21.3 Å². The molecule has 2 aromatic heterocycles. The van der Waals surface area contributed by atoms with Crippen molar-refractivity contribution in [1.82, 2.24) is 25.3 Å². The number of carbonyl (C=O) groups excluding carboxylic acids is 1. The highest BCUT2D eigenvalue weighted by Crippen LogP contribution is 2.33. The first-order valence-electron chi connectivity index (χ1n) is 10.2. The minimum atomic E-state index is -0.138. The van der Waals surface area contributed by atoms with Crippen molar-refractivity contribution in [2.45, 2.75) is 38.8 Å². The van der Waals surface area contributed by atoms with Crippen molar-refractivity contribution in [3.8, 4) is 0 Å². The number of hydrogen-bond donors (Lipinski definition) is 3. The molecule has 4 rings (SSSR count). The summed E-state index contributed by atoms with van der Waals surface area (Å²) in [5, 5.41) is 7.88. The van der Waals surface area contributed by atoms with Crippen molar-refractivity contribution in [2.75, 3.05) is 29.0 Å². The third kappa shape index (κ3) is 4.77. The van der Waals surface area contributed by atoms with Gasteiger partial charge in [-0.15, -0.1) is 0 Å². The Bertz CT molecular complexity index is 1100. The number of carbonyl (C=O) groups is 1. The number of fused-ring (bicyclic) bond motifs is 1. The number of nitrogen functional groups attached to an aromatic ring is 1. The van der Waals surface area contributed by atoms with Gasteiger partial charge in [-0.2, -0.15) is 4.98 Å². The Kier molecular flexibility index (Phi) is 6.03. The summed E-state index contributed by atoms with van der Waals surface area (Å²) in [6, 6.07) is 7.91. The molecule has 10 heteroatoms. The molecule has 1 aliphatic heterocycles. The maximum Gasteiger partial charge on any atom is 0.227 e. The van der Waals surface area contributed by atoms with Gasteiger partial charge in [-0.25, -0.2) is 15.0 Å². The smallest absolute Gasteiger partial charge is 0.227 e. The van der Waals surface area contributed by atoms with Crippen LogP contribution in [0.15, 0.2) is 30.6 Å². The molecule has 0 bridgehead atoms. The molecule has 3 aromatic rings. The van der Waals surface area contributed by atoms with Crippen molar-refractivity contribution in [3.63, 3.8) is 0 Å². The summed E-state index contributed by atoms with van der Waals surface area (Å²) in [6.45, 7) is 5.15. The minimum Gasteiger partial charge on any atom is -0.368 e. The van der Waals surface area contributed by atoms with Gasteiger partial charge in [0.2, 0.25) is 17.8 Å². The molecule has 0 saturated carbocycles. The van der Waals surface area contributed by atoms with Gasteiger partial charge in [0.1, 0.15) is 12.1 Å². The number of amides is 1. The van der Waals surface area contributed by atoms with Gasteiger partial charge in [-0.05, 0) is 31.9 Å². The number of piperidine rings is 1. The Morgan fingerprint density at radius 2 is 2.03 bits per heavy atom. The summed E-state index contributed by atoms with van der Waals surface area (Å²) < 4.78 is 0. The first kappa shape index (κ1) is 21.0. The quantitative estimate of drug-likeness (QED) is 0.553. The van der Waals surface area contributed by atoms with Gasteiger partial charge in [0.05, 0.1) is 16.6 Å². The Labute approximate surface area is 185 Å². The standard InChI is InChI=1S/C21H25ClN8O/c1-12(26-21-25-11-24-20(23)29-21)16-10-14-4-3-5-17(22)18(14)28-19(16)30-8-6-15(7-9-30)27-13(2)31/h3-5,10-12,15H,6-9H2,1-2H3,(H,27,31)(H3,23,24,25,26,29)/t12-/m0/s1. The maximum atomic E-state index is 11.4. The number of nitrogens with zero attached hydrogens (tertiary/aromatic N) is 5. The monoisotopic (exact) mass is 440 g/mol. The molecule has 0 radical (unpaired) electrons. The van der Waals surface area contributed by atoms with E-state index in [9.17, 15) is 4.79 Å². The number of aromatic nitrogens is 4. The number of benzene rings is 1. The average Bonchev–Trinajstić information content (AvgIpc) is 2.73. The molecule has 0 spiro atoms. The fourth-order valence-corrected chi connectivity index (χ4v) is 4.14. The van der Waals surface area contributed by atoms with E-state index in [0.717, 1.165) is 48.2 Å². The molecule has 1 aromatic carbocycles. The summed E-state index contributed by atoms with van der Waals surface area (Å²) in [7, 11) is 0. The zero-order valence-corrected chi connectivity index (χ0v) is 18.2. The van der Waals surface area contributed by atoms with Crippen LogP contribution in [0.1, 0.15) is 38.3 Å². The van der Waals surface area contributed by atoms with Crippen LogP contribution in [-0.2, 0) is 4.79 Å². The fourth-order valence-electron chi connectivity index (χ4n) is 3.91. The molecule has 4 N–H and O–H groups in total. The van der Waals surface area contributed by atoms with Crippen molar-refractivity contribution >= 4 is 46.1 Å². The van der Waals surface area contributed by atoms with Gasteiger partial charge >= 0.3 is 0 Å². The predicted octanol–water partition coefficient (Wildman–Crippen LogP) is 2.93. The number of nitrogens with two attached hydrogens (primary N) is 1. The second-order valence-electron chi connectivity index (χ2n) is 7.71. The molecule has 1 amide bonds. The zero-order chi connectivity index (χ0) is 22.0. The van der Waals surface area contributed by atoms with E-state index in [-0.39, 0.29) is 23.9 Å². The van der Waals surface area contributed by atoms with E-state index in [4.69, 9.17) is 22.3 Å². The molecule has 1 atom stereocenters. The van der Waals surface area contributed by atoms with E-state index >= 15 is 0 Å². The van der Waals surface area contributed by atoms with Gasteiger partial charge in [0.25, 0.3) is 0 Å². The van der Waals surface area contributed by atoms with E-state index in [1.165, 1.54) is 6.33 Å². The van der Waals surface area contributed by atoms with Crippen LogP contribution in [0.4, 0.5) is 17.7 Å². The van der Waals surface area contributed by atoms with Gasteiger partial charge in [0.15, 0.2) is 0 Å². The highest BCUT2D eigenvalue weighted by molar-refractivity contribution is 6.35. The normalized spacial score (nSPS) is 15.6. The molecule has 9 nitrogen and oxygen atoms in total. The second kappa shape index (κ2) is 8.89. The summed E-state index contributed by atoms with van der Waals surface area (Å²) in [6.07, 6.45) is 3.09. The number of halogens is 1. The molecule has 1 fully saturated rings. The van der Waals surface area contributed by atoms with E-state index in [0.29, 0.717) is 11.0 Å². The maximum absolute atomic E-state index is 11.4. The third-order valence-corrected chi connectivity index (χ3v) is 5.71. The van der Waals surface area contributed by atoms with E-state index in [2.05, 4.69) is 36.6 Å².